The maximum Gasteiger partial charge on any atom is 0.358 e. The van der Waals surface area contributed by atoms with Crippen LogP contribution < -0.4 is 0 Å². The van der Waals surface area contributed by atoms with Gasteiger partial charge in [-0.3, -0.25) is 0 Å². The second-order valence-electron chi connectivity index (χ2n) is 5.44. The molecule has 1 saturated carbocycles. The van der Waals surface area contributed by atoms with E-state index in [-0.39, 0.29) is 5.69 Å². The lowest BCUT2D eigenvalue weighted by Crippen LogP contribution is -2.06. The molecule has 0 saturated heterocycles. The summed E-state index contributed by atoms with van der Waals surface area (Å²) in [5.74, 6) is 0.250. The first-order valence-electron chi connectivity index (χ1n) is 7.39. The average Bonchev–Trinajstić information content (AvgIpc) is 3.08. The van der Waals surface area contributed by atoms with Gasteiger partial charge in [-0.1, -0.05) is 37.3 Å². The zero-order valence-electron chi connectivity index (χ0n) is 12.0. The van der Waals surface area contributed by atoms with Crippen LogP contribution in [-0.4, -0.2) is 27.2 Å². The van der Waals surface area contributed by atoms with Gasteiger partial charge in [-0.25, -0.2) is 14.3 Å². The van der Waals surface area contributed by atoms with Crippen LogP contribution >= 0.6 is 11.6 Å². The van der Waals surface area contributed by atoms with E-state index in [1.807, 2.05) is 6.07 Å². The average molecular weight is 308 g/mol. The molecule has 5 nitrogen and oxygen atoms in total. The van der Waals surface area contributed by atoms with Crippen LogP contribution in [0.1, 0.15) is 48.8 Å². The first kappa shape index (κ1) is 14.3. The Bertz CT molecular complexity index is 662. The molecule has 3 rings (SSSR count). The monoisotopic (exact) mass is 307 g/mol. The molecule has 6 heteroatoms. The summed E-state index contributed by atoms with van der Waals surface area (Å²) >= 11 is 6.25. The third-order valence-electron chi connectivity index (χ3n) is 3.89. The van der Waals surface area contributed by atoms with Gasteiger partial charge in [-0.05, 0) is 25.3 Å². The third-order valence-corrected chi connectivity index (χ3v) is 4.16. The van der Waals surface area contributed by atoms with E-state index in [4.69, 9.17) is 16.3 Å². The van der Waals surface area contributed by atoms with Crippen molar-refractivity contribution in [2.75, 3.05) is 6.61 Å². The van der Waals surface area contributed by atoms with Crippen molar-refractivity contribution in [1.29, 1.82) is 0 Å². The summed E-state index contributed by atoms with van der Waals surface area (Å²) in [7, 11) is 0. The molecule has 1 aliphatic carbocycles. The maximum atomic E-state index is 11.7. The van der Waals surface area contributed by atoms with Gasteiger partial charge in [0.05, 0.1) is 6.61 Å². The maximum absolute atomic E-state index is 11.7. The second kappa shape index (κ2) is 6.02. The van der Waals surface area contributed by atoms with E-state index in [0.29, 0.717) is 23.3 Å². The molecule has 2 aromatic heterocycles. The number of ether oxygens (including phenoxy) is 1. The van der Waals surface area contributed by atoms with Crippen molar-refractivity contribution in [3.63, 3.8) is 0 Å². The Hall–Kier alpha value is -1.62. The topological polar surface area (TPSA) is 56.5 Å². The van der Waals surface area contributed by atoms with E-state index in [1.54, 1.807) is 13.0 Å². The van der Waals surface area contributed by atoms with E-state index in [0.717, 1.165) is 12.1 Å². The fourth-order valence-corrected chi connectivity index (χ4v) is 3.16. The quantitative estimate of drug-likeness (QED) is 0.642. The van der Waals surface area contributed by atoms with Crippen LogP contribution in [0, 0.1) is 5.92 Å². The Morgan fingerprint density at radius 1 is 1.43 bits per heavy atom. The van der Waals surface area contributed by atoms with Crippen molar-refractivity contribution in [3.05, 3.63) is 28.7 Å². The lowest BCUT2D eigenvalue weighted by atomic mass is 10.0. The first-order valence-corrected chi connectivity index (χ1v) is 7.77. The van der Waals surface area contributed by atoms with Gasteiger partial charge in [-0.2, -0.15) is 5.10 Å². The number of rotatable bonds is 4. The summed E-state index contributed by atoms with van der Waals surface area (Å²) in [6.07, 6.45) is 6.08. The molecule has 1 fully saturated rings. The Morgan fingerprint density at radius 3 is 2.90 bits per heavy atom. The first-order chi connectivity index (χ1) is 10.2. The van der Waals surface area contributed by atoms with Crippen LogP contribution in [0.5, 0.6) is 0 Å². The van der Waals surface area contributed by atoms with Gasteiger partial charge < -0.3 is 4.74 Å². The minimum absolute atomic E-state index is 0.240. The van der Waals surface area contributed by atoms with Gasteiger partial charge in [0, 0.05) is 11.8 Å². The number of esters is 1. The highest BCUT2D eigenvalue weighted by molar-refractivity contribution is 6.29. The van der Waals surface area contributed by atoms with Gasteiger partial charge in [0.25, 0.3) is 0 Å². The summed E-state index contributed by atoms with van der Waals surface area (Å²) in [6, 6.07) is 3.47. The summed E-state index contributed by atoms with van der Waals surface area (Å²) < 4.78 is 6.43. The van der Waals surface area contributed by atoms with Gasteiger partial charge >= 0.3 is 5.97 Å². The van der Waals surface area contributed by atoms with Crippen LogP contribution in [0.4, 0.5) is 0 Å². The van der Waals surface area contributed by atoms with Crippen molar-refractivity contribution < 1.29 is 9.53 Å². The molecule has 0 amide bonds. The SMILES string of the molecule is CCOC(=O)c1cc2nc(CC3CCCC3)cc(Cl)n2n1. The molecule has 0 aliphatic heterocycles. The van der Waals surface area contributed by atoms with Gasteiger partial charge in [0.2, 0.25) is 0 Å². The molecule has 1 aliphatic rings. The molecule has 21 heavy (non-hydrogen) atoms. The normalized spacial score (nSPS) is 15.7. The zero-order chi connectivity index (χ0) is 14.8. The van der Waals surface area contributed by atoms with Crippen LogP contribution in [0.3, 0.4) is 0 Å². The molecule has 112 valence electrons. The van der Waals surface area contributed by atoms with Gasteiger partial charge in [-0.15, -0.1) is 0 Å². The fraction of sp³-hybridized carbons (Fsp3) is 0.533. The summed E-state index contributed by atoms with van der Waals surface area (Å²) in [4.78, 5) is 16.3. The summed E-state index contributed by atoms with van der Waals surface area (Å²) in [5.41, 5.74) is 1.80. The molecule has 0 unspecified atom stereocenters. The molecule has 0 radical (unpaired) electrons. The molecular weight excluding hydrogens is 290 g/mol. The summed E-state index contributed by atoms with van der Waals surface area (Å²) in [5, 5.41) is 4.63. The van der Waals surface area contributed by atoms with Crippen molar-refractivity contribution >= 4 is 23.2 Å². The number of fused-ring (bicyclic) bond motifs is 1. The Kier molecular flexibility index (Phi) is 4.10. The highest BCUT2D eigenvalue weighted by Gasteiger charge is 2.18. The van der Waals surface area contributed by atoms with Crippen LogP contribution in [0.25, 0.3) is 5.65 Å². The van der Waals surface area contributed by atoms with Gasteiger partial charge in [0.1, 0.15) is 5.15 Å². The van der Waals surface area contributed by atoms with E-state index in [2.05, 4.69) is 10.1 Å². The molecule has 0 spiro atoms. The summed E-state index contributed by atoms with van der Waals surface area (Å²) in [6.45, 7) is 2.08. The highest BCUT2D eigenvalue weighted by atomic mass is 35.5. The fourth-order valence-electron chi connectivity index (χ4n) is 2.91. The predicted octanol–water partition coefficient (Wildman–Crippen LogP) is 3.29. The largest absolute Gasteiger partial charge is 0.461 e. The lowest BCUT2D eigenvalue weighted by Gasteiger charge is -2.08. The van der Waals surface area contributed by atoms with E-state index in [9.17, 15) is 4.79 Å². The van der Waals surface area contributed by atoms with E-state index < -0.39 is 5.97 Å². The standard InChI is InChI=1S/C15H18ClN3O2/c1-2-21-15(20)12-9-14-17-11(7-10-5-3-4-6-10)8-13(16)19(14)18-12/h8-10H,2-7H2,1H3. The van der Waals surface area contributed by atoms with E-state index in [1.165, 1.54) is 30.2 Å². The van der Waals surface area contributed by atoms with Crippen molar-refractivity contribution in [3.8, 4) is 0 Å². The molecular formula is C15H18ClN3O2. The predicted molar refractivity (Wildman–Crippen MR) is 79.6 cm³/mol. The van der Waals surface area contributed by atoms with Crippen LogP contribution in [0.15, 0.2) is 12.1 Å². The molecule has 2 aromatic rings. The number of carbonyl (C=O) groups excluding carboxylic acids is 1. The Morgan fingerprint density at radius 2 is 2.19 bits per heavy atom. The smallest absolute Gasteiger partial charge is 0.358 e. The Balaban J connectivity index is 1.89. The van der Waals surface area contributed by atoms with E-state index >= 15 is 0 Å². The molecule has 0 atom stereocenters. The molecule has 0 bridgehead atoms. The number of nitrogens with zero attached hydrogens (tertiary/aromatic N) is 3. The number of aromatic nitrogens is 3. The molecule has 0 N–H and O–H groups in total. The molecule has 0 aromatic carbocycles. The van der Waals surface area contributed by atoms with Gasteiger partial charge in [0.15, 0.2) is 11.3 Å². The number of hydrogen-bond acceptors (Lipinski definition) is 4. The van der Waals surface area contributed by atoms with Crippen LogP contribution in [0.2, 0.25) is 5.15 Å². The van der Waals surface area contributed by atoms with Crippen molar-refractivity contribution in [2.24, 2.45) is 5.92 Å². The third kappa shape index (κ3) is 3.02. The molecule has 2 heterocycles. The minimum atomic E-state index is -0.448. The number of hydrogen-bond donors (Lipinski definition) is 0. The number of halogens is 1. The zero-order valence-corrected chi connectivity index (χ0v) is 12.8. The minimum Gasteiger partial charge on any atom is -0.461 e. The second-order valence-corrected chi connectivity index (χ2v) is 5.83. The van der Waals surface area contributed by atoms with Crippen molar-refractivity contribution in [1.82, 2.24) is 14.6 Å². The lowest BCUT2D eigenvalue weighted by molar-refractivity contribution is 0.0519. The highest BCUT2D eigenvalue weighted by Crippen LogP contribution is 2.28. The van der Waals surface area contributed by atoms with Crippen molar-refractivity contribution in [2.45, 2.75) is 39.0 Å². The number of carbonyl (C=O) groups is 1. The van der Waals surface area contributed by atoms with Crippen LogP contribution in [-0.2, 0) is 11.2 Å². The Labute approximate surface area is 128 Å².